The van der Waals surface area contributed by atoms with Gasteiger partial charge in [-0.15, -0.1) is 11.8 Å². The lowest BCUT2D eigenvalue weighted by Gasteiger charge is -2.11. The van der Waals surface area contributed by atoms with Gasteiger partial charge in [-0.05, 0) is 17.9 Å². The monoisotopic (exact) mass is 399 g/mol. The molecule has 0 aliphatic rings. The van der Waals surface area contributed by atoms with Crippen LogP contribution in [-0.4, -0.2) is 40.0 Å². The lowest BCUT2D eigenvalue weighted by Crippen LogP contribution is -2.19. The van der Waals surface area contributed by atoms with Crippen molar-refractivity contribution in [2.75, 3.05) is 23.9 Å². The van der Waals surface area contributed by atoms with Crippen LogP contribution in [0.15, 0.2) is 34.4 Å². The molecule has 0 fully saturated rings. The first kappa shape index (κ1) is 20.5. The highest BCUT2D eigenvalue weighted by molar-refractivity contribution is 7.98. The fourth-order valence-electron chi connectivity index (χ4n) is 2.26. The van der Waals surface area contributed by atoms with E-state index in [4.69, 9.17) is 10.9 Å². The van der Waals surface area contributed by atoms with Crippen molar-refractivity contribution in [2.45, 2.75) is 17.6 Å². The van der Waals surface area contributed by atoms with E-state index in [9.17, 15) is 18.0 Å². The Kier molecular flexibility index (Phi) is 6.61. The number of rotatable bonds is 7. The average molecular weight is 399 g/mol. The molecule has 4 N–H and O–H groups in total. The Labute approximate surface area is 156 Å². The second-order valence-electron chi connectivity index (χ2n) is 5.37. The zero-order valence-electron chi connectivity index (χ0n) is 14.1. The van der Waals surface area contributed by atoms with Crippen molar-refractivity contribution in [3.8, 4) is 0 Å². The minimum Gasteiger partial charge on any atom is -0.411 e. The summed E-state index contributed by atoms with van der Waals surface area (Å²) in [7, 11) is 0. The molecule has 1 aromatic heterocycles. The highest BCUT2D eigenvalue weighted by Gasteiger charge is 2.30. The van der Waals surface area contributed by atoms with Gasteiger partial charge in [-0.1, -0.05) is 23.4 Å². The highest BCUT2D eigenvalue weighted by Crippen LogP contribution is 2.29. The number of carbonyl (C=O) groups is 1. The van der Waals surface area contributed by atoms with Gasteiger partial charge >= 0.3 is 6.18 Å². The van der Waals surface area contributed by atoms with Crippen molar-refractivity contribution in [3.05, 3.63) is 41.0 Å². The number of nitrogen functional groups attached to an aromatic ring is 1. The molecule has 1 heterocycles. The number of nitrogens with one attached hydrogen (secondary N) is 1. The number of Topliss-reactive ketones (excluding diaryl/α,β-unsaturated/α-hetero) is 1. The smallest absolute Gasteiger partial charge is 0.411 e. The van der Waals surface area contributed by atoms with Crippen molar-refractivity contribution in [1.82, 2.24) is 9.97 Å². The summed E-state index contributed by atoms with van der Waals surface area (Å²) >= 11 is 1.24. The van der Waals surface area contributed by atoms with E-state index in [1.54, 1.807) is 6.26 Å². The fourth-order valence-corrected chi connectivity index (χ4v) is 2.81. The molecule has 0 atom stereocenters. The predicted molar refractivity (Wildman–Crippen MR) is 96.3 cm³/mol. The van der Waals surface area contributed by atoms with E-state index in [0.717, 1.165) is 18.3 Å². The molecule has 0 amide bonds. The van der Waals surface area contributed by atoms with Crippen LogP contribution in [0.1, 0.15) is 16.7 Å². The Bertz CT molecular complexity index is 858. The molecule has 0 bridgehead atoms. The van der Waals surface area contributed by atoms with Crippen molar-refractivity contribution >= 4 is 35.5 Å². The standard InChI is InChI=1S/C16H16F3N5O2S/c1-27-14-12(8-22-26)13(23-15(20)24-14)21-7-11(25)6-9-3-2-4-10(5-9)16(17,18)19/h2-5,8,26H,6-7H2,1H3,(H3,20,21,23,24)/b22-8+. The summed E-state index contributed by atoms with van der Waals surface area (Å²) in [6.07, 6.45) is -1.82. The number of benzene rings is 1. The molecule has 27 heavy (non-hydrogen) atoms. The molecule has 0 aliphatic carbocycles. The Morgan fingerprint density at radius 2 is 2.15 bits per heavy atom. The SMILES string of the molecule is CSc1nc(N)nc(NCC(=O)Cc2cccc(C(F)(F)F)c2)c1/C=N/O. The van der Waals surface area contributed by atoms with Gasteiger partial charge < -0.3 is 16.3 Å². The maximum atomic E-state index is 12.7. The van der Waals surface area contributed by atoms with Crippen LogP contribution in [0, 0.1) is 0 Å². The van der Waals surface area contributed by atoms with E-state index in [2.05, 4.69) is 20.4 Å². The van der Waals surface area contributed by atoms with Gasteiger partial charge in [0, 0.05) is 6.42 Å². The van der Waals surface area contributed by atoms with Crippen LogP contribution in [0.3, 0.4) is 0 Å². The van der Waals surface area contributed by atoms with E-state index in [1.807, 2.05) is 0 Å². The second kappa shape index (κ2) is 8.71. The molecule has 0 spiro atoms. The quantitative estimate of drug-likeness (QED) is 0.216. The number of thioether (sulfide) groups is 1. The Morgan fingerprint density at radius 3 is 2.78 bits per heavy atom. The summed E-state index contributed by atoms with van der Waals surface area (Å²) in [5.74, 6) is -0.214. The largest absolute Gasteiger partial charge is 0.416 e. The number of nitrogens with zero attached hydrogens (tertiary/aromatic N) is 3. The van der Waals surface area contributed by atoms with Gasteiger partial charge in [0.25, 0.3) is 0 Å². The molecule has 0 saturated heterocycles. The maximum absolute atomic E-state index is 12.7. The first-order valence-electron chi connectivity index (χ1n) is 7.55. The van der Waals surface area contributed by atoms with Crippen LogP contribution in [0.5, 0.6) is 0 Å². The Balaban J connectivity index is 2.11. The number of ketones is 1. The normalized spacial score (nSPS) is 11.7. The molecular weight excluding hydrogens is 383 g/mol. The number of hydrogen-bond donors (Lipinski definition) is 3. The number of hydrogen-bond acceptors (Lipinski definition) is 8. The number of oxime groups is 1. The molecule has 7 nitrogen and oxygen atoms in total. The van der Waals surface area contributed by atoms with Crippen molar-refractivity contribution in [3.63, 3.8) is 0 Å². The topological polar surface area (TPSA) is 113 Å². The molecule has 2 rings (SSSR count). The Morgan fingerprint density at radius 1 is 1.41 bits per heavy atom. The minimum atomic E-state index is -4.47. The number of nitrogens with two attached hydrogens (primary N) is 1. The number of carbonyl (C=O) groups excluding carboxylic acids is 1. The van der Waals surface area contributed by atoms with Crippen LogP contribution < -0.4 is 11.1 Å². The molecule has 0 aliphatic heterocycles. The highest BCUT2D eigenvalue weighted by atomic mass is 32.2. The molecule has 1 aromatic carbocycles. The third kappa shape index (κ3) is 5.58. The van der Waals surface area contributed by atoms with E-state index >= 15 is 0 Å². The third-order valence-corrected chi connectivity index (χ3v) is 4.11. The minimum absolute atomic E-state index is 0.0396. The molecule has 11 heteroatoms. The van der Waals surface area contributed by atoms with Gasteiger partial charge in [-0.2, -0.15) is 18.2 Å². The van der Waals surface area contributed by atoms with Crippen LogP contribution >= 0.6 is 11.8 Å². The number of alkyl halides is 3. The molecule has 0 saturated carbocycles. The lowest BCUT2D eigenvalue weighted by molar-refractivity contribution is -0.137. The zero-order chi connectivity index (χ0) is 20.0. The summed E-state index contributed by atoms with van der Waals surface area (Å²) in [5.41, 5.74) is 5.39. The third-order valence-electron chi connectivity index (χ3n) is 3.42. The van der Waals surface area contributed by atoms with Crippen molar-refractivity contribution < 1.29 is 23.2 Å². The van der Waals surface area contributed by atoms with Gasteiger partial charge in [-0.25, -0.2) is 4.98 Å². The number of anilines is 2. The molecule has 0 radical (unpaired) electrons. The first-order chi connectivity index (χ1) is 12.7. The van der Waals surface area contributed by atoms with Crippen molar-refractivity contribution in [2.24, 2.45) is 5.16 Å². The van der Waals surface area contributed by atoms with Gasteiger partial charge in [0.1, 0.15) is 10.8 Å². The van der Waals surface area contributed by atoms with E-state index in [-0.39, 0.29) is 36.1 Å². The first-order valence-corrected chi connectivity index (χ1v) is 8.77. The zero-order valence-corrected chi connectivity index (χ0v) is 14.9. The van der Waals surface area contributed by atoms with Gasteiger partial charge in [0.15, 0.2) is 5.78 Å². The Hall–Kier alpha value is -2.82. The van der Waals surface area contributed by atoms with Crippen LogP contribution in [0.4, 0.5) is 24.9 Å². The summed E-state index contributed by atoms with van der Waals surface area (Å²) in [5, 5.41) is 14.9. The molecule has 2 aromatic rings. The number of halogens is 3. The van der Waals surface area contributed by atoms with Crippen molar-refractivity contribution in [1.29, 1.82) is 0 Å². The van der Waals surface area contributed by atoms with E-state index in [0.29, 0.717) is 10.6 Å². The summed E-state index contributed by atoms with van der Waals surface area (Å²) in [6.45, 7) is -0.202. The molecule has 144 valence electrons. The van der Waals surface area contributed by atoms with Gasteiger partial charge in [0.2, 0.25) is 5.95 Å². The van der Waals surface area contributed by atoms with E-state index < -0.39 is 11.7 Å². The molecule has 0 unspecified atom stereocenters. The summed E-state index contributed by atoms with van der Waals surface area (Å²) in [4.78, 5) is 20.1. The maximum Gasteiger partial charge on any atom is 0.416 e. The summed E-state index contributed by atoms with van der Waals surface area (Å²) in [6, 6.07) is 4.59. The van der Waals surface area contributed by atoms with Gasteiger partial charge in [-0.3, -0.25) is 4.79 Å². The van der Waals surface area contributed by atoms with Gasteiger partial charge in [0.05, 0.1) is 23.9 Å². The number of aromatic nitrogens is 2. The average Bonchev–Trinajstić information content (AvgIpc) is 2.61. The van der Waals surface area contributed by atoms with Crippen LogP contribution in [0.25, 0.3) is 0 Å². The predicted octanol–water partition coefficient (Wildman–Crippen LogP) is 2.83. The van der Waals surface area contributed by atoms with Crippen LogP contribution in [-0.2, 0) is 17.4 Å². The summed E-state index contributed by atoms with van der Waals surface area (Å²) < 4.78 is 38.2. The fraction of sp³-hybridized carbons (Fsp3) is 0.250. The molecular formula is C16H16F3N5O2S. The lowest BCUT2D eigenvalue weighted by atomic mass is 10.1. The van der Waals surface area contributed by atoms with Crippen LogP contribution in [0.2, 0.25) is 0 Å². The van der Waals surface area contributed by atoms with E-state index in [1.165, 1.54) is 23.9 Å². The second-order valence-corrected chi connectivity index (χ2v) is 6.16.